The van der Waals surface area contributed by atoms with E-state index in [0.717, 1.165) is 12.0 Å². The van der Waals surface area contributed by atoms with Crippen molar-refractivity contribution in [3.63, 3.8) is 0 Å². The van der Waals surface area contributed by atoms with E-state index in [1.54, 1.807) is 26.4 Å². The topological polar surface area (TPSA) is 93.5 Å². The molecule has 1 aromatic heterocycles. The van der Waals surface area contributed by atoms with Gasteiger partial charge in [-0.3, -0.25) is 10.1 Å². The highest BCUT2D eigenvalue weighted by Crippen LogP contribution is 2.33. The average Bonchev–Trinajstić information content (AvgIpc) is 3.29. The number of hydrogen-bond acceptors (Lipinski definition) is 7. The second-order valence-electron chi connectivity index (χ2n) is 6.62. The molecule has 7 nitrogen and oxygen atoms in total. The molecule has 0 fully saturated rings. The summed E-state index contributed by atoms with van der Waals surface area (Å²) in [5, 5.41) is 14.4. The van der Waals surface area contributed by atoms with Crippen LogP contribution < -0.4 is 19.5 Å². The molecule has 0 atom stereocenters. The van der Waals surface area contributed by atoms with E-state index in [4.69, 9.17) is 14.2 Å². The normalized spacial score (nSPS) is 10.9. The second kappa shape index (κ2) is 11.0. The molecule has 0 aliphatic heterocycles. The lowest BCUT2D eigenvalue weighted by Gasteiger charge is -2.08. The summed E-state index contributed by atoms with van der Waals surface area (Å²) in [4.78, 5) is 17.2. The van der Waals surface area contributed by atoms with Gasteiger partial charge in [0.15, 0.2) is 16.6 Å². The molecule has 0 aliphatic carbocycles. The van der Waals surface area contributed by atoms with E-state index < -0.39 is 5.91 Å². The van der Waals surface area contributed by atoms with Crippen molar-refractivity contribution in [2.45, 2.75) is 13.3 Å². The van der Waals surface area contributed by atoms with Crippen LogP contribution in [0.1, 0.15) is 18.9 Å². The highest BCUT2D eigenvalue weighted by Gasteiger charge is 2.15. The minimum Gasteiger partial charge on any atom is -0.493 e. The van der Waals surface area contributed by atoms with Crippen molar-refractivity contribution >= 4 is 28.5 Å². The smallest absolute Gasteiger partial charge is 0.268 e. The van der Waals surface area contributed by atoms with Crippen LogP contribution in [-0.2, 0) is 4.79 Å². The molecule has 0 radical (unpaired) electrons. The number of carbonyl (C=O) groups excluding carboxylic acids is 1. The lowest BCUT2D eigenvalue weighted by molar-refractivity contribution is -0.112. The van der Waals surface area contributed by atoms with Crippen LogP contribution in [0, 0.1) is 11.3 Å². The second-order valence-corrected chi connectivity index (χ2v) is 7.48. The van der Waals surface area contributed by atoms with Crippen molar-refractivity contribution in [1.82, 2.24) is 4.98 Å². The first-order valence-electron chi connectivity index (χ1n) is 9.92. The third-order valence-electron chi connectivity index (χ3n) is 4.45. The minimum absolute atomic E-state index is 0.0413. The molecule has 8 heteroatoms. The average molecular weight is 450 g/mol. The summed E-state index contributed by atoms with van der Waals surface area (Å²) in [6, 6.07) is 14.7. The Hall–Kier alpha value is -3.83. The summed E-state index contributed by atoms with van der Waals surface area (Å²) in [6.45, 7) is 2.56. The minimum atomic E-state index is -0.536. The maximum absolute atomic E-state index is 12.7. The Kier molecular flexibility index (Phi) is 7.84. The van der Waals surface area contributed by atoms with Crippen molar-refractivity contribution in [2.75, 3.05) is 26.1 Å². The SMILES string of the molecule is CCCOc1ccccc1/C=C(\C#N)C(=O)Nc1nc(-c2ccc(OC)c(OC)c2)cs1. The van der Waals surface area contributed by atoms with Crippen LogP contribution in [-0.4, -0.2) is 31.7 Å². The monoisotopic (exact) mass is 449 g/mol. The third kappa shape index (κ3) is 5.45. The van der Waals surface area contributed by atoms with Crippen LogP contribution in [0.4, 0.5) is 5.13 Å². The van der Waals surface area contributed by atoms with Crippen molar-refractivity contribution in [3.8, 4) is 34.6 Å². The molecular formula is C24H23N3O4S. The quantitative estimate of drug-likeness (QED) is 0.358. The van der Waals surface area contributed by atoms with Gasteiger partial charge in [-0.2, -0.15) is 5.26 Å². The molecule has 0 bridgehead atoms. The lowest BCUT2D eigenvalue weighted by atomic mass is 10.1. The van der Waals surface area contributed by atoms with Crippen molar-refractivity contribution in [3.05, 3.63) is 59.0 Å². The zero-order valence-corrected chi connectivity index (χ0v) is 18.9. The molecule has 0 saturated carbocycles. The molecular weight excluding hydrogens is 426 g/mol. The van der Waals surface area contributed by atoms with E-state index in [0.29, 0.717) is 40.2 Å². The van der Waals surface area contributed by atoms with Gasteiger partial charge in [0, 0.05) is 16.5 Å². The number of methoxy groups -OCH3 is 2. The molecule has 3 rings (SSSR count). The van der Waals surface area contributed by atoms with E-state index in [2.05, 4.69) is 10.3 Å². The Morgan fingerprint density at radius 1 is 1.16 bits per heavy atom. The van der Waals surface area contributed by atoms with Crippen molar-refractivity contribution in [1.29, 1.82) is 5.26 Å². The summed E-state index contributed by atoms with van der Waals surface area (Å²) in [6.07, 6.45) is 2.37. The zero-order valence-electron chi connectivity index (χ0n) is 18.0. The molecule has 0 spiro atoms. The predicted octanol–water partition coefficient (Wildman–Crippen LogP) is 5.16. The Balaban J connectivity index is 1.78. The van der Waals surface area contributed by atoms with E-state index >= 15 is 0 Å². The number of rotatable bonds is 9. The Bertz CT molecular complexity index is 1160. The van der Waals surface area contributed by atoms with Crippen molar-refractivity contribution in [2.24, 2.45) is 0 Å². The van der Waals surface area contributed by atoms with E-state index in [9.17, 15) is 10.1 Å². The lowest BCUT2D eigenvalue weighted by Crippen LogP contribution is -2.13. The number of nitrogens with one attached hydrogen (secondary N) is 1. The number of amides is 1. The Morgan fingerprint density at radius 3 is 2.66 bits per heavy atom. The molecule has 3 aromatic rings. The molecule has 0 unspecified atom stereocenters. The van der Waals surface area contributed by atoms with Gasteiger partial charge in [0.1, 0.15) is 17.4 Å². The first-order chi connectivity index (χ1) is 15.6. The standard InChI is InChI=1S/C24H23N3O4S/c1-4-11-31-20-8-6-5-7-17(20)12-18(14-25)23(28)27-24-26-19(15-32-24)16-9-10-21(29-2)22(13-16)30-3/h5-10,12-13,15H,4,11H2,1-3H3,(H,26,27,28)/b18-12+. The molecule has 2 aromatic carbocycles. The van der Waals surface area contributed by atoms with Gasteiger partial charge in [0.25, 0.3) is 5.91 Å². The number of anilines is 1. The number of aromatic nitrogens is 1. The summed E-state index contributed by atoms with van der Waals surface area (Å²) < 4.78 is 16.3. The van der Waals surface area contributed by atoms with E-state index in [1.165, 1.54) is 17.4 Å². The van der Waals surface area contributed by atoms with Gasteiger partial charge in [-0.1, -0.05) is 25.1 Å². The van der Waals surface area contributed by atoms with Gasteiger partial charge in [-0.25, -0.2) is 4.98 Å². The third-order valence-corrected chi connectivity index (χ3v) is 5.21. The van der Waals surface area contributed by atoms with Crippen LogP contribution >= 0.6 is 11.3 Å². The summed E-state index contributed by atoms with van der Waals surface area (Å²) in [5.74, 6) is 1.29. The molecule has 164 valence electrons. The predicted molar refractivity (Wildman–Crippen MR) is 125 cm³/mol. The number of para-hydroxylation sites is 1. The molecule has 0 saturated heterocycles. The van der Waals surface area contributed by atoms with Crippen LogP contribution in [0.25, 0.3) is 17.3 Å². The zero-order chi connectivity index (χ0) is 22.9. The number of hydrogen-bond donors (Lipinski definition) is 1. The number of nitrogens with zero attached hydrogens (tertiary/aromatic N) is 2. The van der Waals surface area contributed by atoms with Gasteiger partial charge in [0.05, 0.1) is 26.5 Å². The van der Waals surface area contributed by atoms with Gasteiger partial charge in [-0.15, -0.1) is 11.3 Å². The van der Waals surface area contributed by atoms with Crippen LogP contribution in [0.15, 0.2) is 53.4 Å². The first-order valence-corrected chi connectivity index (χ1v) is 10.8. The fraction of sp³-hybridized carbons (Fsp3) is 0.208. The molecule has 1 N–H and O–H groups in total. The van der Waals surface area contributed by atoms with Crippen molar-refractivity contribution < 1.29 is 19.0 Å². The Labute approximate surface area is 190 Å². The van der Waals surface area contributed by atoms with Crippen LogP contribution in [0.3, 0.4) is 0 Å². The first kappa shape index (κ1) is 22.8. The number of benzene rings is 2. The van der Waals surface area contributed by atoms with Gasteiger partial charge in [0.2, 0.25) is 0 Å². The van der Waals surface area contributed by atoms with E-state index in [-0.39, 0.29) is 5.57 Å². The highest BCUT2D eigenvalue weighted by atomic mass is 32.1. The van der Waals surface area contributed by atoms with Crippen LogP contribution in [0.2, 0.25) is 0 Å². The fourth-order valence-electron chi connectivity index (χ4n) is 2.87. The van der Waals surface area contributed by atoms with Gasteiger partial charge in [-0.05, 0) is 36.8 Å². The van der Waals surface area contributed by atoms with E-state index in [1.807, 2.05) is 48.7 Å². The van der Waals surface area contributed by atoms with Crippen LogP contribution in [0.5, 0.6) is 17.2 Å². The van der Waals surface area contributed by atoms with Gasteiger partial charge >= 0.3 is 0 Å². The maximum atomic E-state index is 12.7. The number of carbonyl (C=O) groups is 1. The molecule has 0 aliphatic rings. The summed E-state index contributed by atoms with van der Waals surface area (Å²) in [7, 11) is 3.14. The molecule has 1 amide bonds. The fourth-order valence-corrected chi connectivity index (χ4v) is 3.59. The maximum Gasteiger partial charge on any atom is 0.268 e. The number of ether oxygens (including phenoxy) is 3. The summed E-state index contributed by atoms with van der Waals surface area (Å²) >= 11 is 1.27. The van der Waals surface area contributed by atoms with Gasteiger partial charge < -0.3 is 14.2 Å². The number of thiazole rings is 1. The largest absolute Gasteiger partial charge is 0.493 e. The highest BCUT2D eigenvalue weighted by molar-refractivity contribution is 7.14. The Morgan fingerprint density at radius 2 is 1.94 bits per heavy atom. The summed E-state index contributed by atoms with van der Waals surface area (Å²) in [5.41, 5.74) is 2.11. The molecule has 1 heterocycles. The number of nitriles is 1. The molecule has 32 heavy (non-hydrogen) atoms.